The Balaban J connectivity index is 1.64. The first-order valence-electron chi connectivity index (χ1n) is 11.0. The molecule has 1 aliphatic rings. The van der Waals surface area contributed by atoms with Crippen LogP contribution in [0.4, 0.5) is 11.4 Å². The van der Waals surface area contributed by atoms with Crippen LogP contribution in [0.5, 0.6) is 0 Å². The summed E-state index contributed by atoms with van der Waals surface area (Å²) >= 11 is 0. The molecule has 0 saturated heterocycles. The fraction of sp³-hybridized carbons (Fsp3) is 0.320. The topological polar surface area (TPSA) is 100 Å². The Bertz CT molecular complexity index is 1170. The second-order valence-electron chi connectivity index (χ2n) is 8.30. The largest absolute Gasteiger partial charge is 0.478 e. The Hall–Kier alpha value is -3.61. The smallest absolute Gasteiger partial charge is 0.337 e. The Morgan fingerprint density at radius 3 is 2.38 bits per heavy atom. The van der Waals surface area contributed by atoms with Gasteiger partial charge >= 0.3 is 5.97 Å². The molecule has 4 rings (SSSR count). The molecular formula is C25H27N3O4. The molecule has 0 aliphatic heterocycles. The zero-order valence-electron chi connectivity index (χ0n) is 18.1. The minimum absolute atomic E-state index is 0.0140. The number of carboxylic acids is 1. The number of amides is 1. The highest BCUT2D eigenvalue weighted by Gasteiger charge is 2.20. The molecule has 3 N–H and O–H groups in total. The van der Waals surface area contributed by atoms with Crippen molar-refractivity contribution in [1.29, 1.82) is 0 Å². The first kappa shape index (κ1) is 21.6. The van der Waals surface area contributed by atoms with Crippen molar-refractivity contribution >= 4 is 40.1 Å². The van der Waals surface area contributed by atoms with Crippen molar-refractivity contribution in [2.45, 2.75) is 51.5 Å². The summed E-state index contributed by atoms with van der Waals surface area (Å²) in [7, 11) is 0. The van der Waals surface area contributed by atoms with Crippen LogP contribution in [0.15, 0.2) is 48.7 Å². The average Bonchev–Trinajstić information content (AvgIpc) is 2.97. The number of rotatable bonds is 5. The Morgan fingerprint density at radius 2 is 1.69 bits per heavy atom. The molecule has 32 heavy (non-hydrogen) atoms. The standard InChI is InChI=1S/C25H27N3O4/c1-16(29)28-15-21(19-10-6-7-11-23(19)28)24(30)27-22-14-18(12-13-20(22)25(31)32)26-17-8-4-2-3-5-9-17/h6-7,10-15,17,26H,2-5,8-9H2,1H3,(H,27,30)(H,31,32). The van der Waals surface area contributed by atoms with Gasteiger partial charge in [0.2, 0.25) is 5.91 Å². The van der Waals surface area contributed by atoms with Gasteiger partial charge in [0.25, 0.3) is 5.91 Å². The Labute approximate surface area is 186 Å². The number of hydrogen-bond acceptors (Lipinski definition) is 4. The predicted octanol–water partition coefficient (Wildman–Crippen LogP) is 5.39. The molecule has 1 saturated carbocycles. The van der Waals surface area contributed by atoms with Gasteiger partial charge in [0, 0.05) is 30.2 Å². The maximum absolute atomic E-state index is 13.1. The molecule has 166 valence electrons. The van der Waals surface area contributed by atoms with E-state index in [1.54, 1.807) is 36.4 Å². The number of benzene rings is 2. The van der Waals surface area contributed by atoms with Crippen LogP contribution in [-0.4, -0.2) is 33.5 Å². The summed E-state index contributed by atoms with van der Waals surface area (Å²) in [5.74, 6) is -1.79. The lowest BCUT2D eigenvalue weighted by Gasteiger charge is -2.19. The summed E-state index contributed by atoms with van der Waals surface area (Å²) in [6.07, 6.45) is 8.48. The van der Waals surface area contributed by atoms with E-state index in [-0.39, 0.29) is 17.2 Å². The van der Waals surface area contributed by atoms with Crippen LogP contribution in [0.3, 0.4) is 0 Å². The number of nitrogens with zero attached hydrogens (tertiary/aromatic N) is 1. The summed E-state index contributed by atoms with van der Waals surface area (Å²) in [6.45, 7) is 1.43. The third-order valence-electron chi connectivity index (χ3n) is 6.02. The predicted molar refractivity (Wildman–Crippen MR) is 125 cm³/mol. The highest BCUT2D eigenvalue weighted by Crippen LogP contribution is 2.27. The monoisotopic (exact) mass is 433 g/mol. The molecule has 0 unspecified atom stereocenters. The zero-order valence-corrected chi connectivity index (χ0v) is 18.1. The van der Waals surface area contributed by atoms with Crippen LogP contribution in [0.2, 0.25) is 0 Å². The zero-order chi connectivity index (χ0) is 22.7. The molecule has 0 atom stereocenters. The lowest BCUT2D eigenvalue weighted by atomic mass is 10.1. The quantitative estimate of drug-likeness (QED) is 0.469. The van der Waals surface area contributed by atoms with E-state index in [9.17, 15) is 19.5 Å². The molecule has 0 radical (unpaired) electrons. The van der Waals surface area contributed by atoms with Crippen molar-refractivity contribution in [2.24, 2.45) is 0 Å². The van der Waals surface area contributed by atoms with E-state index in [0.29, 0.717) is 22.5 Å². The first-order valence-corrected chi connectivity index (χ1v) is 11.0. The number of aromatic nitrogens is 1. The van der Waals surface area contributed by atoms with Crippen molar-refractivity contribution in [3.63, 3.8) is 0 Å². The van der Waals surface area contributed by atoms with Crippen LogP contribution in [0.25, 0.3) is 10.9 Å². The van der Waals surface area contributed by atoms with Crippen LogP contribution in [0, 0.1) is 0 Å². The molecule has 1 fully saturated rings. The molecule has 0 spiro atoms. The van der Waals surface area contributed by atoms with Gasteiger partial charge in [-0.05, 0) is 37.1 Å². The number of hydrogen-bond donors (Lipinski definition) is 3. The second kappa shape index (κ2) is 9.26. The molecule has 1 aromatic heterocycles. The van der Waals surface area contributed by atoms with Crippen molar-refractivity contribution in [2.75, 3.05) is 10.6 Å². The molecule has 2 aromatic carbocycles. The normalized spacial score (nSPS) is 14.7. The summed E-state index contributed by atoms with van der Waals surface area (Å²) in [5.41, 5.74) is 1.96. The van der Waals surface area contributed by atoms with Gasteiger partial charge in [-0.2, -0.15) is 0 Å². The minimum atomic E-state index is -1.12. The van der Waals surface area contributed by atoms with Crippen molar-refractivity contribution in [1.82, 2.24) is 4.57 Å². The van der Waals surface area contributed by atoms with Crippen LogP contribution < -0.4 is 10.6 Å². The number of anilines is 2. The van der Waals surface area contributed by atoms with Gasteiger partial charge < -0.3 is 15.7 Å². The van der Waals surface area contributed by atoms with Gasteiger partial charge in [-0.15, -0.1) is 0 Å². The molecule has 0 bridgehead atoms. The van der Waals surface area contributed by atoms with Gasteiger partial charge in [0.05, 0.1) is 22.3 Å². The van der Waals surface area contributed by atoms with E-state index in [1.807, 2.05) is 0 Å². The third-order valence-corrected chi connectivity index (χ3v) is 6.02. The number of carbonyl (C=O) groups excluding carboxylic acids is 2. The molecule has 3 aromatic rings. The van der Waals surface area contributed by atoms with Crippen molar-refractivity contribution in [3.05, 3.63) is 59.8 Å². The number of para-hydroxylation sites is 1. The van der Waals surface area contributed by atoms with Gasteiger partial charge in [0.15, 0.2) is 0 Å². The van der Waals surface area contributed by atoms with Crippen LogP contribution in [0.1, 0.15) is 71.0 Å². The highest BCUT2D eigenvalue weighted by molar-refractivity contribution is 6.15. The number of aromatic carboxylic acids is 1. The number of fused-ring (bicyclic) bond motifs is 1. The van der Waals surface area contributed by atoms with E-state index in [2.05, 4.69) is 10.6 Å². The number of nitrogens with one attached hydrogen (secondary N) is 2. The van der Waals surface area contributed by atoms with E-state index in [1.165, 1.54) is 49.4 Å². The number of carbonyl (C=O) groups is 3. The van der Waals surface area contributed by atoms with Gasteiger partial charge in [-0.1, -0.05) is 43.9 Å². The van der Waals surface area contributed by atoms with Crippen LogP contribution >= 0.6 is 0 Å². The first-order chi connectivity index (χ1) is 15.4. The lowest BCUT2D eigenvalue weighted by molar-refractivity contribution is 0.0697. The summed E-state index contributed by atoms with van der Waals surface area (Å²) in [4.78, 5) is 36.9. The van der Waals surface area contributed by atoms with Gasteiger partial charge in [0.1, 0.15) is 0 Å². The number of carboxylic acid groups (broad SMARTS) is 1. The molecule has 1 heterocycles. The second-order valence-corrected chi connectivity index (χ2v) is 8.30. The molecular weight excluding hydrogens is 406 g/mol. The molecule has 1 aliphatic carbocycles. The average molecular weight is 434 g/mol. The third kappa shape index (κ3) is 4.51. The maximum Gasteiger partial charge on any atom is 0.337 e. The van der Waals surface area contributed by atoms with E-state index < -0.39 is 11.9 Å². The molecule has 7 heteroatoms. The van der Waals surface area contributed by atoms with E-state index in [0.717, 1.165) is 18.5 Å². The minimum Gasteiger partial charge on any atom is -0.478 e. The van der Waals surface area contributed by atoms with Gasteiger partial charge in [-0.3, -0.25) is 14.2 Å². The summed E-state index contributed by atoms with van der Waals surface area (Å²) in [6, 6.07) is 12.4. The summed E-state index contributed by atoms with van der Waals surface area (Å²) < 4.78 is 1.42. The lowest BCUT2D eigenvalue weighted by Crippen LogP contribution is -2.19. The van der Waals surface area contributed by atoms with Gasteiger partial charge in [-0.25, -0.2) is 4.79 Å². The SMILES string of the molecule is CC(=O)n1cc(C(=O)Nc2cc(NC3CCCCCC3)ccc2C(=O)O)c2ccccc21. The van der Waals surface area contributed by atoms with E-state index >= 15 is 0 Å². The Morgan fingerprint density at radius 1 is 0.969 bits per heavy atom. The van der Waals surface area contributed by atoms with Crippen molar-refractivity contribution < 1.29 is 19.5 Å². The van der Waals surface area contributed by atoms with Crippen molar-refractivity contribution in [3.8, 4) is 0 Å². The fourth-order valence-electron chi connectivity index (χ4n) is 4.39. The molecule has 7 nitrogen and oxygen atoms in total. The summed E-state index contributed by atoms with van der Waals surface area (Å²) in [5, 5.41) is 16.5. The fourth-order valence-corrected chi connectivity index (χ4v) is 4.39. The highest BCUT2D eigenvalue weighted by atomic mass is 16.4. The van der Waals surface area contributed by atoms with E-state index in [4.69, 9.17) is 0 Å². The maximum atomic E-state index is 13.1. The molecule has 1 amide bonds. The Kier molecular flexibility index (Phi) is 6.25. The van der Waals surface area contributed by atoms with Crippen LogP contribution in [-0.2, 0) is 0 Å².